The number of ether oxygens (including phenoxy) is 2. The molecule has 10 nitrogen and oxygen atoms in total. The molecule has 4 aromatic rings. The monoisotopic (exact) mass is 539 g/mol. The standard InChI is InChI=1S/C30H29N5O5/c1-29(2,3)39-27(37)35(28(38)40-30(4,5)6)26-33-24-13-12-20(21-14-19(16-31)17-32-18-21)15-23(24)25(36)34(26)22-10-8-7-9-11-22/h7-15,17-18H,1-6H3. The summed E-state index contributed by atoms with van der Waals surface area (Å²) in [5, 5.41) is 9.49. The summed E-state index contributed by atoms with van der Waals surface area (Å²) < 4.78 is 12.2. The Kier molecular flexibility index (Phi) is 7.42. The Labute approximate surface area is 231 Å². The Balaban J connectivity index is 2.01. The fraction of sp³-hybridized carbons (Fsp3) is 0.267. The summed E-state index contributed by atoms with van der Waals surface area (Å²) in [6.07, 6.45) is 0.942. The highest BCUT2D eigenvalue weighted by Crippen LogP contribution is 2.27. The Hall–Kier alpha value is -5.04. The maximum atomic E-state index is 14.1. The molecule has 0 aliphatic carbocycles. The first-order valence-corrected chi connectivity index (χ1v) is 12.5. The average Bonchev–Trinajstić information content (AvgIpc) is 2.87. The molecule has 2 aromatic heterocycles. The number of aromatic nitrogens is 3. The van der Waals surface area contributed by atoms with E-state index in [0.29, 0.717) is 27.3 Å². The van der Waals surface area contributed by atoms with Crippen LogP contribution in [-0.4, -0.2) is 37.9 Å². The van der Waals surface area contributed by atoms with Gasteiger partial charge in [-0.25, -0.2) is 19.1 Å². The molecule has 0 saturated carbocycles. The van der Waals surface area contributed by atoms with E-state index in [9.17, 15) is 19.6 Å². The van der Waals surface area contributed by atoms with E-state index in [4.69, 9.17) is 9.47 Å². The minimum absolute atomic E-state index is 0.223. The van der Waals surface area contributed by atoms with E-state index in [-0.39, 0.29) is 16.9 Å². The van der Waals surface area contributed by atoms with Crippen molar-refractivity contribution in [1.82, 2.24) is 14.5 Å². The molecule has 0 aliphatic heterocycles. The van der Waals surface area contributed by atoms with E-state index < -0.39 is 28.9 Å². The van der Waals surface area contributed by atoms with Gasteiger partial charge in [0.2, 0.25) is 5.95 Å². The van der Waals surface area contributed by atoms with E-state index in [1.54, 1.807) is 102 Å². The second kappa shape index (κ2) is 10.6. The third-order valence-electron chi connectivity index (χ3n) is 5.42. The van der Waals surface area contributed by atoms with Gasteiger partial charge in [-0.15, -0.1) is 4.90 Å². The summed E-state index contributed by atoms with van der Waals surface area (Å²) in [5.41, 5.74) is -0.183. The lowest BCUT2D eigenvalue weighted by molar-refractivity contribution is 0.0426. The number of carbonyl (C=O) groups excluding carboxylic acids is 2. The molecule has 0 spiro atoms. The Morgan fingerprint density at radius 2 is 1.50 bits per heavy atom. The number of pyridine rings is 1. The van der Waals surface area contributed by atoms with Crippen LogP contribution in [0.5, 0.6) is 0 Å². The first-order valence-electron chi connectivity index (χ1n) is 12.5. The zero-order valence-electron chi connectivity index (χ0n) is 23.1. The van der Waals surface area contributed by atoms with Gasteiger partial charge in [-0.05, 0) is 77.4 Å². The summed E-state index contributed by atoms with van der Waals surface area (Å²) >= 11 is 0. The van der Waals surface area contributed by atoms with Crippen molar-refractivity contribution < 1.29 is 19.1 Å². The molecular formula is C30H29N5O5. The molecule has 2 heterocycles. The fourth-order valence-electron chi connectivity index (χ4n) is 3.83. The number of carbonyl (C=O) groups is 2. The molecule has 0 N–H and O–H groups in total. The molecular weight excluding hydrogens is 510 g/mol. The number of fused-ring (bicyclic) bond motifs is 1. The van der Waals surface area contributed by atoms with Crippen molar-refractivity contribution in [2.45, 2.75) is 52.7 Å². The lowest BCUT2D eigenvalue weighted by atomic mass is 10.0. The number of amides is 2. The van der Waals surface area contributed by atoms with Crippen LogP contribution in [0, 0.1) is 11.3 Å². The van der Waals surface area contributed by atoms with Gasteiger partial charge < -0.3 is 9.47 Å². The number of hydrogen-bond acceptors (Lipinski definition) is 8. The normalized spacial score (nSPS) is 11.5. The molecule has 2 amide bonds. The third kappa shape index (κ3) is 6.15. The number of anilines is 1. The summed E-state index contributed by atoms with van der Waals surface area (Å²) in [6, 6.07) is 17.2. The highest BCUT2D eigenvalue weighted by molar-refractivity contribution is 6.09. The van der Waals surface area contributed by atoms with Crippen LogP contribution in [-0.2, 0) is 9.47 Å². The molecule has 2 aromatic carbocycles. The topological polar surface area (TPSA) is 127 Å². The molecule has 0 saturated heterocycles. The van der Waals surface area contributed by atoms with Gasteiger partial charge in [0.05, 0.1) is 22.2 Å². The van der Waals surface area contributed by atoms with Gasteiger partial charge in [-0.1, -0.05) is 24.3 Å². The SMILES string of the molecule is CC(C)(C)OC(=O)N(C(=O)OC(C)(C)C)c1nc2ccc(-c3cncc(C#N)c3)cc2c(=O)n1-c1ccccc1. The van der Waals surface area contributed by atoms with E-state index in [1.807, 2.05) is 0 Å². The first kappa shape index (κ1) is 28.0. The Morgan fingerprint density at radius 3 is 2.08 bits per heavy atom. The zero-order chi connectivity index (χ0) is 29.2. The molecule has 0 atom stereocenters. The number of imide groups is 1. The quantitative estimate of drug-likeness (QED) is 0.310. The molecule has 0 radical (unpaired) electrons. The fourth-order valence-corrected chi connectivity index (χ4v) is 3.83. The number of rotatable bonds is 3. The van der Waals surface area contributed by atoms with Crippen LogP contribution in [0.25, 0.3) is 27.7 Å². The van der Waals surface area contributed by atoms with Crippen LogP contribution in [0.1, 0.15) is 47.1 Å². The van der Waals surface area contributed by atoms with Gasteiger partial charge in [-0.2, -0.15) is 5.26 Å². The number of para-hydroxylation sites is 1. The van der Waals surface area contributed by atoms with E-state index in [2.05, 4.69) is 16.0 Å². The predicted octanol–water partition coefficient (Wildman–Crippen LogP) is 6.00. The highest BCUT2D eigenvalue weighted by atomic mass is 16.6. The Morgan fingerprint density at radius 1 is 0.875 bits per heavy atom. The number of benzene rings is 2. The average molecular weight is 540 g/mol. The number of nitriles is 1. The van der Waals surface area contributed by atoms with Gasteiger partial charge in [0.25, 0.3) is 5.56 Å². The van der Waals surface area contributed by atoms with Crippen LogP contribution in [0.3, 0.4) is 0 Å². The van der Waals surface area contributed by atoms with Crippen molar-refractivity contribution in [2.75, 3.05) is 4.90 Å². The third-order valence-corrected chi connectivity index (χ3v) is 5.42. The van der Waals surface area contributed by atoms with E-state index in [0.717, 1.165) is 0 Å². The maximum Gasteiger partial charge on any atom is 0.427 e. The van der Waals surface area contributed by atoms with Crippen LogP contribution in [0.15, 0.2) is 71.8 Å². The van der Waals surface area contributed by atoms with Crippen molar-refractivity contribution in [1.29, 1.82) is 5.26 Å². The Bertz CT molecular complexity index is 1660. The molecule has 0 bridgehead atoms. The van der Waals surface area contributed by atoms with Gasteiger partial charge in [0.15, 0.2) is 0 Å². The zero-order valence-corrected chi connectivity index (χ0v) is 23.1. The van der Waals surface area contributed by atoms with Gasteiger partial charge >= 0.3 is 12.2 Å². The summed E-state index contributed by atoms with van der Waals surface area (Å²) in [7, 11) is 0. The number of hydrogen-bond donors (Lipinski definition) is 0. The second-order valence-electron chi connectivity index (χ2n) is 11.0. The molecule has 40 heavy (non-hydrogen) atoms. The van der Waals surface area contributed by atoms with E-state index >= 15 is 0 Å². The summed E-state index contributed by atoms with van der Waals surface area (Å²) in [6.45, 7) is 9.96. The first-order chi connectivity index (χ1) is 18.8. The van der Waals surface area contributed by atoms with Crippen molar-refractivity contribution in [2.24, 2.45) is 0 Å². The minimum atomic E-state index is -1.05. The number of nitrogens with zero attached hydrogens (tertiary/aromatic N) is 5. The molecule has 204 valence electrons. The van der Waals surface area contributed by atoms with Crippen LogP contribution in [0.2, 0.25) is 0 Å². The van der Waals surface area contributed by atoms with Crippen LogP contribution < -0.4 is 10.5 Å². The highest BCUT2D eigenvalue weighted by Gasteiger charge is 2.36. The van der Waals surface area contributed by atoms with Crippen molar-refractivity contribution in [3.8, 4) is 22.9 Å². The lowest BCUT2D eigenvalue weighted by Gasteiger charge is -2.29. The molecule has 4 rings (SSSR count). The van der Waals surface area contributed by atoms with Gasteiger partial charge in [0.1, 0.15) is 17.3 Å². The smallest absolute Gasteiger partial charge is 0.427 e. The van der Waals surface area contributed by atoms with Crippen LogP contribution >= 0.6 is 0 Å². The van der Waals surface area contributed by atoms with E-state index in [1.165, 1.54) is 10.8 Å². The lowest BCUT2D eigenvalue weighted by Crippen LogP contribution is -2.46. The second-order valence-corrected chi connectivity index (χ2v) is 11.0. The van der Waals surface area contributed by atoms with Crippen molar-refractivity contribution in [3.63, 3.8) is 0 Å². The van der Waals surface area contributed by atoms with Gasteiger partial charge in [0, 0.05) is 18.0 Å². The summed E-state index contributed by atoms with van der Waals surface area (Å²) in [5.74, 6) is -0.284. The van der Waals surface area contributed by atoms with Crippen LogP contribution in [0.4, 0.5) is 15.5 Å². The van der Waals surface area contributed by atoms with Crippen molar-refractivity contribution >= 4 is 29.0 Å². The summed E-state index contributed by atoms with van der Waals surface area (Å²) in [4.78, 5) is 50.3. The molecule has 0 aliphatic rings. The minimum Gasteiger partial charge on any atom is -0.443 e. The molecule has 0 unspecified atom stereocenters. The maximum absolute atomic E-state index is 14.1. The van der Waals surface area contributed by atoms with Gasteiger partial charge in [-0.3, -0.25) is 9.78 Å². The van der Waals surface area contributed by atoms with Crippen molar-refractivity contribution in [3.05, 3.63) is 82.9 Å². The molecule has 0 fully saturated rings. The largest absolute Gasteiger partial charge is 0.443 e. The predicted molar refractivity (Wildman–Crippen MR) is 150 cm³/mol. The molecule has 10 heteroatoms.